The smallest absolute Gasteiger partial charge is 0.273 e. The van der Waals surface area contributed by atoms with E-state index in [4.69, 9.17) is 0 Å². The maximum Gasteiger partial charge on any atom is 0.273 e. The van der Waals surface area contributed by atoms with Crippen molar-refractivity contribution in [3.8, 4) is 0 Å². The standard InChI is InChI=1S/C7H6O3S/c8-7(11(9)10)6-4-2-1-3-5-6/h1-5,11H. The lowest BCUT2D eigenvalue weighted by atomic mass is 10.2. The number of carbonyl (C=O) groups excluding carboxylic acids is 1. The molecule has 0 aliphatic rings. The number of hydrogen-bond donors (Lipinski definition) is 1. The second-order valence-electron chi connectivity index (χ2n) is 1.93. The Morgan fingerprint density at radius 1 is 1.09 bits per heavy atom. The summed E-state index contributed by atoms with van der Waals surface area (Å²) < 4.78 is 20.4. The Morgan fingerprint density at radius 2 is 1.64 bits per heavy atom. The molecule has 0 unspecified atom stereocenters. The highest BCUT2D eigenvalue weighted by Gasteiger charge is 2.05. The quantitative estimate of drug-likeness (QED) is 0.622. The Morgan fingerprint density at radius 3 is 2.09 bits per heavy atom. The number of hydrogen-bond acceptors (Lipinski definition) is 3. The van der Waals surface area contributed by atoms with Gasteiger partial charge in [-0.25, -0.2) is 8.42 Å². The molecule has 0 atom stereocenters. The van der Waals surface area contributed by atoms with E-state index >= 15 is 0 Å². The minimum Gasteiger partial charge on any atom is -0.276 e. The molecule has 11 heavy (non-hydrogen) atoms. The normalized spacial score (nSPS) is 9.91. The molecule has 1 aromatic rings. The lowest BCUT2D eigenvalue weighted by Crippen LogP contribution is -1.99. The lowest BCUT2D eigenvalue weighted by molar-refractivity contribution is 0.108. The molecule has 58 valence electrons. The van der Waals surface area contributed by atoms with E-state index in [0.29, 0.717) is 0 Å². The van der Waals surface area contributed by atoms with Crippen molar-refractivity contribution in [2.75, 3.05) is 0 Å². The minimum atomic E-state index is -2.98. The summed E-state index contributed by atoms with van der Waals surface area (Å²) in [5, 5.41) is -0.833. The number of thiol groups is 1. The van der Waals surface area contributed by atoms with Gasteiger partial charge in [-0.15, -0.1) is 0 Å². The first-order chi connectivity index (χ1) is 5.22. The molecule has 1 aromatic carbocycles. The van der Waals surface area contributed by atoms with E-state index in [1.54, 1.807) is 18.2 Å². The van der Waals surface area contributed by atoms with Crippen LogP contribution in [0.2, 0.25) is 0 Å². The van der Waals surface area contributed by atoms with Gasteiger partial charge in [-0.05, 0) is 0 Å². The van der Waals surface area contributed by atoms with E-state index in [1.165, 1.54) is 12.1 Å². The highest BCUT2D eigenvalue weighted by Crippen LogP contribution is 1.99. The SMILES string of the molecule is O=C(c1ccccc1)[SH](=O)=O. The van der Waals surface area contributed by atoms with Crippen molar-refractivity contribution in [2.24, 2.45) is 0 Å². The highest BCUT2D eigenvalue weighted by molar-refractivity contribution is 7.89. The number of benzene rings is 1. The maximum absolute atomic E-state index is 10.7. The molecular formula is C7H6O3S. The Labute approximate surface area is 65.6 Å². The molecule has 4 heteroatoms. The van der Waals surface area contributed by atoms with Crippen LogP contribution in [-0.4, -0.2) is 13.5 Å². The van der Waals surface area contributed by atoms with E-state index in [-0.39, 0.29) is 5.56 Å². The third-order valence-electron chi connectivity index (χ3n) is 1.19. The first-order valence-electron chi connectivity index (χ1n) is 2.95. The van der Waals surface area contributed by atoms with Gasteiger partial charge in [0.25, 0.3) is 5.12 Å². The fraction of sp³-hybridized carbons (Fsp3) is 0. The lowest BCUT2D eigenvalue weighted by Gasteiger charge is -1.89. The average Bonchev–Trinajstić information content (AvgIpc) is 2.05. The zero-order valence-corrected chi connectivity index (χ0v) is 6.45. The minimum absolute atomic E-state index is 0.212. The van der Waals surface area contributed by atoms with Gasteiger partial charge in [0.05, 0.1) is 0 Å². The van der Waals surface area contributed by atoms with Crippen LogP contribution in [0.25, 0.3) is 0 Å². The van der Waals surface area contributed by atoms with Crippen LogP contribution in [0.5, 0.6) is 0 Å². The molecular weight excluding hydrogens is 164 g/mol. The summed E-state index contributed by atoms with van der Waals surface area (Å²) in [5.41, 5.74) is 0.212. The van der Waals surface area contributed by atoms with E-state index < -0.39 is 15.8 Å². The van der Waals surface area contributed by atoms with Crippen LogP contribution in [0.3, 0.4) is 0 Å². The largest absolute Gasteiger partial charge is 0.276 e. The van der Waals surface area contributed by atoms with E-state index in [2.05, 4.69) is 0 Å². The summed E-state index contributed by atoms with van der Waals surface area (Å²) in [7, 11) is -2.98. The van der Waals surface area contributed by atoms with Gasteiger partial charge >= 0.3 is 0 Å². The van der Waals surface area contributed by atoms with Crippen molar-refractivity contribution in [3.63, 3.8) is 0 Å². The topological polar surface area (TPSA) is 51.2 Å². The third-order valence-corrected chi connectivity index (χ3v) is 1.78. The molecule has 0 fully saturated rings. The van der Waals surface area contributed by atoms with Crippen LogP contribution >= 0.6 is 0 Å². The Balaban J connectivity index is 3.04. The summed E-state index contributed by atoms with van der Waals surface area (Å²) in [6.45, 7) is 0. The second kappa shape index (κ2) is 3.30. The molecule has 0 saturated heterocycles. The van der Waals surface area contributed by atoms with Crippen molar-refractivity contribution in [1.29, 1.82) is 0 Å². The van der Waals surface area contributed by atoms with Crippen molar-refractivity contribution >= 4 is 15.8 Å². The van der Waals surface area contributed by atoms with Crippen molar-refractivity contribution in [2.45, 2.75) is 0 Å². The molecule has 0 aromatic heterocycles. The van der Waals surface area contributed by atoms with E-state index in [1.807, 2.05) is 0 Å². The van der Waals surface area contributed by atoms with Gasteiger partial charge in [0.1, 0.15) is 0 Å². The fourth-order valence-corrected chi connectivity index (χ4v) is 1.05. The molecule has 0 heterocycles. The Hall–Kier alpha value is -1.16. The number of carbonyl (C=O) groups is 1. The molecule has 0 N–H and O–H groups in total. The molecule has 3 nitrogen and oxygen atoms in total. The van der Waals surface area contributed by atoms with Crippen LogP contribution in [0, 0.1) is 0 Å². The second-order valence-corrected chi connectivity index (χ2v) is 2.85. The molecule has 0 radical (unpaired) electrons. The average molecular weight is 170 g/mol. The van der Waals surface area contributed by atoms with Gasteiger partial charge in [-0.2, -0.15) is 0 Å². The van der Waals surface area contributed by atoms with Gasteiger partial charge in [0, 0.05) is 5.56 Å². The molecule has 0 bridgehead atoms. The predicted octanol–water partition coefficient (Wildman–Crippen LogP) is 0.438. The van der Waals surface area contributed by atoms with Crippen LogP contribution in [0.15, 0.2) is 30.3 Å². The summed E-state index contributed by atoms with van der Waals surface area (Å²) in [6, 6.07) is 7.88. The molecule has 0 saturated carbocycles. The van der Waals surface area contributed by atoms with E-state index in [9.17, 15) is 13.2 Å². The summed E-state index contributed by atoms with van der Waals surface area (Å²) >= 11 is 0. The van der Waals surface area contributed by atoms with E-state index in [0.717, 1.165) is 0 Å². The van der Waals surface area contributed by atoms with Crippen LogP contribution in [0.1, 0.15) is 10.4 Å². The molecule has 0 aliphatic carbocycles. The Bertz CT molecular complexity index is 319. The van der Waals surface area contributed by atoms with Crippen molar-refractivity contribution in [1.82, 2.24) is 0 Å². The summed E-state index contributed by atoms with van der Waals surface area (Å²) in [4.78, 5) is 10.7. The molecule has 1 rings (SSSR count). The van der Waals surface area contributed by atoms with Crippen molar-refractivity contribution < 1.29 is 13.2 Å². The summed E-state index contributed by atoms with van der Waals surface area (Å²) in [5.74, 6) is 0. The molecule has 0 spiro atoms. The van der Waals surface area contributed by atoms with Gasteiger partial charge in [-0.3, -0.25) is 4.79 Å². The first kappa shape index (κ1) is 7.94. The predicted molar refractivity (Wildman–Crippen MR) is 41.1 cm³/mol. The van der Waals surface area contributed by atoms with Crippen LogP contribution in [0.4, 0.5) is 0 Å². The molecule has 0 amide bonds. The zero-order chi connectivity index (χ0) is 8.27. The van der Waals surface area contributed by atoms with Gasteiger partial charge in [0.2, 0.25) is 10.7 Å². The monoisotopic (exact) mass is 170 g/mol. The zero-order valence-electron chi connectivity index (χ0n) is 5.56. The van der Waals surface area contributed by atoms with Gasteiger partial charge < -0.3 is 0 Å². The third kappa shape index (κ3) is 1.88. The van der Waals surface area contributed by atoms with Crippen molar-refractivity contribution in [3.05, 3.63) is 35.9 Å². The first-order valence-corrected chi connectivity index (χ1v) is 4.13. The van der Waals surface area contributed by atoms with Crippen LogP contribution in [-0.2, 0) is 10.7 Å². The highest BCUT2D eigenvalue weighted by atomic mass is 32.2. The Kier molecular flexibility index (Phi) is 2.38. The van der Waals surface area contributed by atoms with Gasteiger partial charge in [0.15, 0.2) is 0 Å². The number of rotatable bonds is 1. The fourth-order valence-electron chi connectivity index (χ4n) is 0.686. The molecule has 0 aliphatic heterocycles. The van der Waals surface area contributed by atoms with Crippen LogP contribution < -0.4 is 0 Å². The van der Waals surface area contributed by atoms with Gasteiger partial charge in [-0.1, -0.05) is 30.3 Å². The maximum atomic E-state index is 10.7. The summed E-state index contributed by atoms with van der Waals surface area (Å²) in [6.07, 6.45) is 0.